The average Bonchev–Trinajstić information content (AvgIpc) is 1.63. The normalized spacial score (nSPS) is 40.6. The Morgan fingerprint density at radius 1 is 1.86 bits per heavy atom. The Bertz CT molecular complexity index is 107. The van der Waals surface area contributed by atoms with E-state index in [9.17, 15) is 0 Å². The summed E-state index contributed by atoms with van der Waals surface area (Å²) >= 11 is 0. The zero-order chi connectivity index (χ0) is 5.49. The minimum Gasteiger partial charge on any atom is -0.372 e. The molecule has 0 radical (unpaired) electrons. The van der Waals surface area contributed by atoms with Crippen molar-refractivity contribution in [3.05, 3.63) is 12.2 Å². The van der Waals surface area contributed by atoms with E-state index in [0.29, 0.717) is 6.42 Å². The second kappa shape index (κ2) is 1.08. The first-order valence-electron chi connectivity index (χ1n) is 2.32. The van der Waals surface area contributed by atoms with Crippen molar-refractivity contribution in [3.8, 4) is 0 Å². The van der Waals surface area contributed by atoms with Gasteiger partial charge in [-0.1, -0.05) is 6.58 Å². The number of hydrogen-bond donors (Lipinski definition) is 2. The van der Waals surface area contributed by atoms with Crippen LogP contribution in [0.1, 0.15) is 12.8 Å². The van der Waals surface area contributed by atoms with Crippen LogP contribution in [0.4, 0.5) is 0 Å². The van der Waals surface area contributed by atoms with Crippen LogP contribution in [0, 0.1) is 0 Å². The van der Waals surface area contributed by atoms with E-state index in [-0.39, 0.29) is 0 Å². The minimum atomic E-state index is -1.01. The van der Waals surface area contributed by atoms with Gasteiger partial charge in [-0.25, -0.2) is 0 Å². The van der Waals surface area contributed by atoms with Gasteiger partial charge in [-0.2, -0.15) is 0 Å². The topological polar surface area (TPSA) is 46.2 Å². The Morgan fingerprint density at radius 2 is 2.29 bits per heavy atom. The van der Waals surface area contributed by atoms with Crippen LogP contribution in [0.5, 0.6) is 0 Å². The van der Waals surface area contributed by atoms with Crippen LogP contribution >= 0.6 is 0 Å². The van der Waals surface area contributed by atoms with Gasteiger partial charge < -0.3 is 10.8 Å². The molecular formula is C5H9NO. The number of nitrogens with two attached hydrogens (primary N) is 1. The molecule has 40 valence electrons. The fourth-order valence-corrected chi connectivity index (χ4v) is 0.558. The van der Waals surface area contributed by atoms with Gasteiger partial charge in [-0.3, -0.25) is 0 Å². The summed E-state index contributed by atoms with van der Waals surface area (Å²) in [6.07, 6.45) is 1.55. The van der Waals surface area contributed by atoms with Crippen LogP contribution in [0.15, 0.2) is 12.2 Å². The highest BCUT2D eigenvalue weighted by molar-refractivity contribution is 5.18. The third-order valence-corrected chi connectivity index (χ3v) is 1.42. The number of hydrogen-bond acceptors (Lipinski definition) is 2. The van der Waals surface area contributed by atoms with Crippen molar-refractivity contribution < 1.29 is 5.11 Å². The zero-order valence-corrected chi connectivity index (χ0v) is 4.15. The maximum Gasteiger partial charge on any atom is 0.135 e. The molecule has 1 aliphatic carbocycles. The quantitative estimate of drug-likeness (QED) is 0.331. The molecule has 0 aromatic heterocycles. The van der Waals surface area contributed by atoms with Crippen LogP contribution in [0.25, 0.3) is 0 Å². The van der Waals surface area contributed by atoms with E-state index in [0.717, 1.165) is 12.0 Å². The van der Waals surface area contributed by atoms with Crippen LogP contribution in [0.3, 0.4) is 0 Å². The fourth-order valence-electron chi connectivity index (χ4n) is 0.558. The third-order valence-electron chi connectivity index (χ3n) is 1.42. The molecule has 3 N–H and O–H groups in total. The minimum absolute atomic E-state index is 0.672. The molecule has 0 amide bonds. The first-order valence-corrected chi connectivity index (χ1v) is 2.32. The van der Waals surface area contributed by atoms with Gasteiger partial charge in [-0.05, 0) is 18.4 Å². The van der Waals surface area contributed by atoms with Gasteiger partial charge in [0.2, 0.25) is 0 Å². The van der Waals surface area contributed by atoms with E-state index in [1.165, 1.54) is 0 Å². The molecule has 7 heavy (non-hydrogen) atoms. The summed E-state index contributed by atoms with van der Waals surface area (Å²) in [5.74, 6) is 0. The molecule has 1 saturated carbocycles. The summed E-state index contributed by atoms with van der Waals surface area (Å²) in [5.41, 5.74) is 4.96. The van der Waals surface area contributed by atoms with E-state index in [2.05, 4.69) is 6.58 Å². The Kier molecular flexibility index (Phi) is 0.743. The van der Waals surface area contributed by atoms with Crippen molar-refractivity contribution >= 4 is 0 Å². The van der Waals surface area contributed by atoms with Gasteiger partial charge in [0.15, 0.2) is 0 Å². The summed E-state index contributed by atoms with van der Waals surface area (Å²) in [7, 11) is 0. The molecule has 0 heterocycles. The molecule has 1 atom stereocenters. The first kappa shape index (κ1) is 4.81. The summed E-state index contributed by atoms with van der Waals surface area (Å²) in [6.45, 7) is 3.54. The van der Waals surface area contributed by atoms with Gasteiger partial charge in [0.05, 0.1) is 0 Å². The predicted molar refractivity (Wildman–Crippen MR) is 27.5 cm³/mol. The van der Waals surface area contributed by atoms with Gasteiger partial charge in [0, 0.05) is 0 Å². The average molecular weight is 99.1 g/mol. The molecule has 0 aliphatic heterocycles. The van der Waals surface area contributed by atoms with Crippen molar-refractivity contribution in [3.63, 3.8) is 0 Å². The zero-order valence-electron chi connectivity index (χ0n) is 4.15. The Morgan fingerprint density at radius 3 is 2.29 bits per heavy atom. The van der Waals surface area contributed by atoms with Crippen molar-refractivity contribution in [1.29, 1.82) is 0 Å². The van der Waals surface area contributed by atoms with Crippen LogP contribution in [-0.4, -0.2) is 10.8 Å². The monoisotopic (exact) mass is 99.1 g/mol. The molecule has 1 fully saturated rings. The van der Waals surface area contributed by atoms with E-state index in [1.54, 1.807) is 0 Å². The molecule has 2 heteroatoms. The van der Waals surface area contributed by atoms with Gasteiger partial charge >= 0.3 is 0 Å². The molecule has 0 aromatic rings. The molecular weight excluding hydrogens is 90.1 g/mol. The molecule has 2 nitrogen and oxygen atoms in total. The van der Waals surface area contributed by atoms with E-state index in [4.69, 9.17) is 10.8 Å². The molecule has 0 aromatic carbocycles. The Hall–Kier alpha value is -0.340. The van der Waals surface area contributed by atoms with E-state index in [1.807, 2.05) is 0 Å². The van der Waals surface area contributed by atoms with Crippen molar-refractivity contribution in [2.75, 3.05) is 0 Å². The fraction of sp³-hybridized carbons (Fsp3) is 0.600. The smallest absolute Gasteiger partial charge is 0.135 e. The molecule has 0 saturated heterocycles. The second-order valence-electron chi connectivity index (χ2n) is 2.03. The highest BCUT2D eigenvalue weighted by Crippen LogP contribution is 2.30. The van der Waals surface area contributed by atoms with Crippen molar-refractivity contribution in [2.45, 2.75) is 18.6 Å². The predicted octanol–water partition coefficient (Wildman–Crippen LogP) is -0.0163. The van der Waals surface area contributed by atoms with Crippen LogP contribution in [0.2, 0.25) is 0 Å². The lowest BCUT2D eigenvalue weighted by atomic mass is 9.84. The van der Waals surface area contributed by atoms with E-state index >= 15 is 0 Å². The highest BCUT2D eigenvalue weighted by atomic mass is 16.3. The third kappa shape index (κ3) is 0.558. The maximum absolute atomic E-state index is 8.86. The summed E-state index contributed by atoms with van der Waals surface area (Å²) < 4.78 is 0. The maximum atomic E-state index is 8.86. The van der Waals surface area contributed by atoms with Crippen LogP contribution < -0.4 is 5.73 Å². The van der Waals surface area contributed by atoms with E-state index < -0.39 is 5.72 Å². The SMILES string of the molecule is C=C1CCC1(N)O. The Labute approximate surface area is 42.6 Å². The molecule has 0 bridgehead atoms. The second-order valence-corrected chi connectivity index (χ2v) is 2.03. The lowest BCUT2D eigenvalue weighted by Crippen LogP contribution is -2.48. The lowest BCUT2D eigenvalue weighted by molar-refractivity contribution is 0.0340. The van der Waals surface area contributed by atoms with Crippen LogP contribution in [-0.2, 0) is 0 Å². The Balaban J connectivity index is 2.59. The largest absolute Gasteiger partial charge is 0.372 e. The summed E-state index contributed by atoms with van der Waals surface area (Å²) in [4.78, 5) is 0. The highest BCUT2D eigenvalue weighted by Gasteiger charge is 2.33. The summed E-state index contributed by atoms with van der Waals surface area (Å²) in [6, 6.07) is 0. The number of rotatable bonds is 0. The van der Waals surface area contributed by atoms with Crippen molar-refractivity contribution in [2.24, 2.45) is 5.73 Å². The number of aliphatic hydroxyl groups is 1. The molecule has 1 aliphatic rings. The van der Waals surface area contributed by atoms with Gasteiger partial charge in [0.1, 0.15) is 5.72 Å². The van der Waals surface area contributed by atoms with Gasteiger partial charge in [-0.15, -0.1) is 0 Å². The molecule has 1 unspecified atom stereocenters. The van der Waals surface area contributed by atoms with Crippen molar-refractivity contribution in [1.82, 2.24) is 0 Å². The molecule has 1 rings (SSSR count). The molecule has 0 spiro atoms. The lowest BCUT2D eigenvalue weighted by Gasteiger charge is -2.34. The van der Waals surface area contributed by atoms with Gasteiger partial charge in [0.25, 0.3) is 0 Å². The standard InChI is InChI=1S/C5H9NO/c1-4-2-3-5(4,6)7/h7H,1-3,6H2. The first-order chi connectivity index (χ1) is 3.13. The summed E-state index contributed by atoms with van der Waals surface area (Å²) in [5, 5.41) is 8.86.